The molecule has 0 atom stereocenters. The summed E-state index contributed by atoms with van der Waals surface area (Å²) in [6.45, 7) is 2.14. The van der Waals surface area contributed by atoms with Crippen LogP contribution < -0.4 is 29.0 Å². The molecule has 0 amide bonds. The molecule has 1 nitrogen and oxygen atoms in total. The van der Waals surface area contributed by atoms with Gasteiger partial charge in [-0.15, -0.1) is 0 Å². The van der Waals surface area contributed by atoms with Crippen molar-refractivity contribution in [1.29, 1.82) is 0 Å². The normalized spacial score (nSPS) is 8.12. The maximum Gasteiger partial charge on any atom is 0.235 e. The second-order valence-electron chi connectivity index (χ2n) is 1.34. The molecule has 1 aromatic heterocycles. The molecule has 0 fully saturated rings. The minimum Gasteiger partial charge on any atom is -1.00 e. The van der Waals surface area contributed by atoms with E-state index in [9.17, 15) is 0 Å². The number of aromatic nitrogens is 1. The molecule has 1 rings (SSSR count). The first-order valence-corrected chi connectivity index (χ1v) is 3.25. The Morgan fingerprint density at radius 2 is 2.50 bits per heavy atom. The molecule has 46 valence electrons. The summed E-state index contributed by atoms with van der Waals surface area (Å²) in [6.07, 6.45) is 3.08. The van der Waals surface area contributed by atoms with E-state index < -0.39 is 0 Å². The molecule has 0 saturated heterocycles. The molecule has 0 spiro atoms. The van der Waals surface area contributed by atoms with Crippen LogP contribution in [-0.2, 0) is 6.42 Å². The van der Waals surface area contributed by atoms with Gasteiger partial charge in [-0.1, -0.05) is 18.3 Å². The summed E-state index contributed by atoms with van der Waals surface area (Å²) < 4.78 is 0. The Morgan fingerprint density at radius 1 is 1.75 bits per heavy atom. The van der Waals surface area contributed by atoms with Crippen molar-refractivity contribution in [2.75, 3.05) is 0 Å². The van der Waals surface area contributed by atoms with E-state index in [1.54, 1.807) is 11.3 Å². The molecule has 0 saturated carbocycles. The fraction of sp³-hybridized carbons (Fsp3) is 0.400. The van der Waals surface area contributed by atoms with Crippen LogP contribution in [0.3, 0.4) is 0 Å². The highest BCUT2D eigenvalue weighted by Gasteiger charge is 1.93. The third kappa shape index (κ3) is 2.09. The van der Waals surface area contributed by atoms with Crippen LogP contribution in [0.25, 0.3) is 0 Å². The van der Waals surface area contributed by atoms with E-state index in [2.05, 4.69) is 17.3 Å². The number of H-pyrrole nitrogens is 1. The van der Waals surface area contributed by atoms with Gasteiger partial charge in [-0.05, 0) is 0 Å². The van der Waals surface area contributed by atoms with E-state index in [1.165, 1.54) is 5.01 Å². The first-order valence-electron chi connectivity index (χ1n) is 2.37. The van der Waals surface area contributed by atoms with Gasteiger partial charge < -0.3 is 24.0 Å². The van der Waals surface area contributed by atoms with Crippen molar-refractivity contribution in [3.05, 3.63) is 16.6 Å². The molecule has 0 aliphatic rings. The Bertz CT molecular complexity index is 127. The van der Waals surface area contributed by atoms with Crippen molar-refractivity contribution in [2.24, 2.45) is 0 Å². The topological polar surface area (TPSA) is 14.1 Å². The molecule has 1 N–H and O–H groups in total. The number of aromatic amines is 1. The highest BCUT2D eigenvalue weighted by atomic mass is 127. The molecule has 0 unspecified atom stereocenters. The highest BCUT2D eigenvalue weighted by Crippen LogP contribution is 1.97. The smallest absolute Gasteiger partial charge is 0.235 e. The molecule has 0 bridgehead atoms. The van der Waals surface area contributed by atoms with Crippen LogP contribution in [0.15, 0.2) is 11.6 Å². The quantitative estimate of drug-likeness (QED) is 0.511. The number of halogens is 1. The van der Waals surface area contributed by atoms with Crippen molar-refractivity contribution in [3.63, 3.8) is 0 Å². The first kappa shape index (κ1) is 8.36. The average molecular weight is 241 g/mol. The van der Waals surface area contributed by atoms with Crippen molar-refractivity contribution in [2.45, 2.75) is 13.3 Å². The summed E-state index contributed by atoms with van der Waals surface area (Å²) >= 11 is 1.77. The largest absolute Gasteiger partial charge is 1.00 e. The standard InChI is InChI=1S/C5H7NS.HI/c1-2-5-6-3-4-7-5;/h3-4H,2H2,1H3;1H. The van der Waals surface area contributed by atoms with E-state index in [0.29, 0.717) is 0 Å². The van der Waals surface area contributed by atoms with Crippen LogP contribution in [-0.4, -0.2) is 0 Å². The van der Waals surface area contributed by atoms with E-state index in [0.717, 1.165) is 6.42 Å². The number of aryl methyl sites for hydroxylation is 1. The zero-order valence-electron chi connectivity index (χ0n) is 4.65. The molecule has 3 heteroatoms. The maximum absolute atomic E-state index is 3.11. The van der Waals surface area contributed by atoms with Crippen LogP contribution in [0.1, 0.15) is 11.9 Å². The summed E-state index contributed by atoms with van der Waals surface area (Å²) in [4.78, 5) is 3.11. The SMILES string of the molecule is CCc1[nH+]ccs1.[I-]. The Balaban J connectivity index is 0.000000490. The third-order valence-corrected chi connectivity index (χ3v) is 1.81. The minimum atomic E-state index is 0. The van der Waals surface area contributed by atoms with Crippen LogP contribution >= 0.6 is 11.3 Å². The minimum absolute atomic E-state index is 0. The Morgan fingerprint density at radius 3 is 2.75 bits per heavy atom. The zero-order chi connectivity index (χ0) is 5.11. The first-order chi connectivity index (χ1) is 3.43. The average Bonchev–Trinajstić information content (AvgIpc) is 2.14. The lowest BCUT2D eigenvalue weighted by atomic mass is 10.5. The monoisotopic (exact) mass is 241 g/mol. The predicted octanol–water partition coefficient (Wildman–Crippen LogP) is -1.87. The van der Waals surface area contributed by atoms with E-state index in [4.69, 9.17) is 0 Å². The number of rotatable bonds is 1. The van der Waals surface area contributed by atoms with Crippen LogP contribution in [0.4, 0.5) is 0 Å². The van der Waals surface area contributed by atoms with E-state index in [1.807, 2.05) is 6.20 Å². The van der Waals surface area contributed by atoms with E-state index in [-0.39, 0.29) is 24.0 Å². The summed E-state index contributed by atoms with van der Waals surface area (Å²) in [6, 6.07) is 0. The number of hydrogen-bond donors (Lipinski definition) is 0. The highest BCUT2D eigenvalue weighted by molar-refractivity contribution is 7.09. The summed E-state index contributed by atoms with van der Waals surface area (Å²) in [7, 11) is 0. The molecular formula is C5H8INS. The Hall–Kier alpha value is 0.360. The van der Waals surface area contributed by atoms with Gasteiger partial charge in [0.2, 0.25) is 5.01 Å². The lowest BCUT2D eigenvalue weighted by Gasteiger charge is -1.69. The van der Waals surface area contributed by atoms with Gasteiger partial charge in [0, 0.05) is 6.42 Å². The summed E-state index contributed by atoms with van der Waals surface area (Å²) in [5.74, 6) is 0. The Labute approximate surface area is 70.2 Å². The van der Waals surface area contributed by atoms with Crippen LogP contribution in [0.2, 0.25) is 0 Å². The molecule has 0 aliphatic carbocycles. The lowest BCUT2D eigenvalue weighted by Crippen LogP contribution is -3.00. The number of thiazole rings is 1. The fourth-order valence-corrected chi connectivity index (χ4v) is 1.07. The van der Waals surface area contributed by atoms with Crippen molar-refractivity contribution < 1.29 is 29.0 Å². The van der Waals surface area contributed by atoms with Gasteiger partial charge in [0.1, 0.15) is 0 Å². The second kappa shape index (κ2) is 4.26. The van der Waals surface area contributed by atoms with Crippen molar-refractivity contribution in [1.82, 2.24) is 0 Å². The number of nitrogens with one attached hydrogen (secondary N) is 1. The van der Waals surface area contributed by atoms with Gasteiger partial charge in [0.15, 0.2) is 6.20 Å². The van der Waals surface area contributed by atoms with Gasteiger partial charge in [-0.3, -0.25) is 0 Å². The van der Waals surface area contributed by atoms with Gasteiger partial charge in [-0.2, -0.15) is 0 Å². The Kier molecular flexibility index (Phi) is 4.45. The molecule has 8 heavy (non-hydrogen) atoms. The molecule has 1 aromatic rings. The van der Waals surface area contributed by atoms with Gasteiger partial charge in [-0.25, -0.2) is 4.98 Å². The predicted molar refractivity (Wildman–Crippen MR) is 30.3 cm³/mol. The lowest BCUT2D eigenvalue weighted by molar-refractivity contribution is -0.381. The van der Waals surface area contributed by atoms with Gasteiger partial charge in [0.25, 0.3) is 0 Å². The summed E-state index contributed by atoms with van der Waals surface area (Å²) in [5, 5.41) is 3.40. The third-order valence-electron chi connectivity index (χ3n) is 0.844. The molecular weight excluding hydrogens is 233 g/mol. The summed E-state index contributed by atoms with van der Waals surface area (Å²) in [5.41, 5.74) is 0. The van der Waals surface area contributed by atoms with Gasteiger partial charge in [0.05, 0.1) is 5.38 Å². The number of hydrogen-bond acceptors (Lipinski definition) is 1. The van der Waals surface area contributed by atoms with Crippen LogP contribution in [0, 0.1) is 0 Å². The second-order valence-corrected chi connectivity index (χ2v) is 2.34. The molecule has 0 aliphatic heterocycles. The van der Waals surface area contributed by atoms with E-state index >= 15 is 0 Å². The zero-order valence-corrected chi connectivity index (χ0v) is 7.62. The molecule has 0 radical (unpaired) electrons. The molecule has 0 aromatic carbocycles. The maximum atomic E-state index is 3.11. The van der Waals surface area contributed by atoms with Crippen LogP contribution in [0.5, 0.6) is 0 Å². The molecule has 1 heterocycles. The van der Waals surface area contributed by atoms with Gasteiger partial charge >= 0.3 is 0 Å². The van der Waals surface area contributed by atoms with Crippen molar-refractivity contribution in [3.8, 4) is 0 Å². The van der Waals surface area contributed by atoms with Crippen molar-refractivity contribution >= 4 is 11.3 Å². The fourth-order valence-electron chi connectivity index (χ4n) is 0.463.